The maximum absolute atomic E-state index is 12.2. The topological polar surface area (TPSA) is 17.1 Å². The van der Waals surface area contributed by atoms with Crippen molar-refractivity contribution in [1.29, 1.82) is 0 Å². The number of ketones is 1. The Hall–Kier alpha value is -1.15. The molecule has 0 radical (unpaired) electrons. The maximum Gasteiger partial charge on any atom is 0.162 e. The fourth-order valence-electron chi connectivity index (χ4n) is 2.42. The Morgan fingerprint density at radius 2 is 1.77 bits per heavy atom. The van der Waals surface area contributed by atoms with Crippen LogP contribution in [-0.4, -0.2) is 17.3 Å². The Kier molecular flexibility index (Phi) is 6.63. The first-order valence-corrected chi connectivity index (χ1v) is 9.63. The first kappa shape index (κ1) is 17.2. The van der Waals surface area contributed by atoms with Gasteiger partial charge < -0.3 is 0 Å². The molecule has 0 N–H and O–H groups in total. The van der Waals surface area contributed by atoms with Crippen molar-refractivity contribution < 1.29 is 4.79 Å². The second-order valence-electron chi connectivity index (χ2n) is 5.26. The van der Waals surface area contributed by atoms with Crippen molar-refractivity contribution in [3.8, 4) is 0 Å². The van der Waals surface area contributed by atoms with Crippen molar-refractivity contribution in [2.45, 2.75) is 33.6 Å². The van der Waals surface area contributed by atoms with Crippen LogP contribution in [0.15, 0.2) is 51.4 Å². The van der Waals surface area contributed by atoms with E-state index in [2.05, 4.69) is 31.7 Å². The van der Waals surface area contributed by atoms with E-state index in [1.165, 1.54) is 4.24 Å². The summed E-state index contributed by atoms with van der Waals surface area (Å²) < 4.78 is 1.18. The van der Waals surface area contributed by atoms with Gasteiger partial charge in [-0.05, 0) is 31.4 Å². The molecule has 0 aromatic heterocycles. The highest BCUT2D eigenvalue weighted by molar-refractivity contribution is 8.25. The van der Waals surface area contributed by atoms with Gasteiger partial charge in [0, 0.05) is 22.7 Å². The van der Waals surface area contributed by atoms with Gasteiger partial charge in [-0.15, -0.1) is 29.3 Å². The van der Waals surface area contributed by atoms with Crippen LogP contribution in [-0.2, 0) is 4.79 Å². The molecule has 0 unspecified atom stereocenters. The van der Waals surface area contributed by atoms with Crippen LogP contribution in [0.5, 0.6) is 0 Å². The zero-order chi connectivity index (χ0) is 15.9. The number of carbonyl (C=O) groups is 1. The second-order valence-corrected chi connectivity index (χ2v) is 7.73. The molecule has 116 valence electrons. The predicted molar refractivity (Wildman–Crippen MR) is 100 cm³/mol. The van der Waals surface area contributed by atoms with Crippen LogP contribution in [0.1, 0.15) is 39.2 Å². The SMILES string of the molecule is CCCC(=C=C(C)c1ccccc1)C(C(C)=O)=C1SCCS1. The average molecular weight is 331 g/mol. The lowest BCUT2D eigenvalue weighted by Gasteiger charge is -2.10. The molecule has 1 aliphatic rings. The van der Waals surface area contributed by atoms with Crippen LogP contribution in [0.3, 0.4) is 0 Å². The Balaban J connectivity index is 2.55. The van der Waals surface area contributed by atoms with Crippen LogP contribution in [0.4, 0.5) is 0 Å². The van der Waals surface area contributed by atoms with E-state index in [1.54, 1.807) is 6.92 Å². The molecule has 0 spiro atoms. The van der Waals surface area contributed by atoms with E-state index in [0.29, 0.717) is 0 Å². The van der Waals surface area contributed by atoms with Crippen molar-refractivity contribution in [2.75, 3.05) is 11.5 Å². The van der Waals surface area contributed by atoms with E-state index in [9.17, 15) is 4.79 Å². The number of rotatable bonds is 5. The molecule has 0 saturated carbocycles. The summed E-state index contributed by atoms with van der Waals surface area (Å²) in [6.07, 6.45) is 1.91. The molecule has 0 amide bonds. The molecule has 3 heteroatoms. The zero-order valence-corrected chi connectivity index (χ0v) is 15.1. The van der Waals surface area contributed by atoms with E-state index in [1.807, 2.05) is 41.7 Å². The second kappa shape index (κ2) is 8.47. The molecule has 0 bridgehead atoms. The van der Waals surface area contributed by atoms with Gasteiger partial charge in [0.25, 0.3) is 0 Å². The summed E-state index contributed by atoms with van der Waals surface area (Å²) in [6.45, 7) is 5.90. The molecule has 0 aliphatic carbocycles. The van der Waals surface area contributed by atoms with Gasteiger partial charge in [0.1, 0.15) is 0 Å². The molecule has 1 saturated heterocycles. The fraction of sp³-hybridized carbons (Fsp3) is 0.368. The summed E-state index contributed by atoms with van der Waals surface area (Å²) in [5, 5.41) is 0. The number of hydrogen-bond donors (Lipinski definition) is 0. The molecule has 1 aliphatic heterocycles. The molecule has 1 nitrogen and oxygen atoms in total. The van der Waals surface area contributed by atoms with Crippen LogP contribution in [0.25, 0.3) is 5.57 Å². The molecule has 2 rings (SSSR count). The minimum atomic E-state index is 0.161. The van der Waals surface area contributed by atoms with E-state index >= 15 is 0 Å². The van der Waals surface area contributed by atoms with Gasteiger partial charge in [0.15, 0.2) is 5.78 Å². The first-order valence-electron chi connectivity index (χ1n) is 7.66. The maximum atomic E-state index is 12.2. The van der Waals surface area contributed by atoms with Crippen molar-refractivity contribution in [2.24, 2.45) is 0 Å². The number of thioether (sulfide) groups is 2. The predicted octanol–water partition coefficient (Wildman–Crippen LogP) is 5.70. The molecule has 1 fully saturated rings. The lowest BCUT2D eigenvalue weighted by molar-refractivity contribution is -0.113. The minimum Gasteiger partial charge on any atom is -0.294 e. The lowest BCUT2D eigenvalue weighted by Crippen LogP contribution is -2.02. The van der Waals surface area contributed by atoms with Gasteiger partial charge in [-0.2, -0.15) is 0 Å². The van der Waals surface area contributed by atoms with Crippen LogP contribution in [0.2, 0.25) is 0 Å². The van der Waals surface area contributed by atoms with Gasteiger partial charge >= 0.3 is 0 Å². The fourth-order valence-corrected chi connectivity index (χ4v) is 5.11. The third kappa shape index (κ3) is 4.42. The van der Waals surface area contributed by atoms with E-state index in [-0.39, 0.29) is 5.78 Å². The molecular weight excluding hydrogens is 308 g/mol. The monoisotopic (exact) mass is 330 g/mol. The Labute approximate surface area is 142 Å². The van der Waals surface area contributed by atoms with Gasteiger partial charge in [-0.3, -0.25) is 4.79 Å². The molecule has 1 aromatic rings. The van der Waals surface area contributed by atoms with Crippen molar-refractivity contribution in [1.82, 2.24) is 0 Å². The molecule has 0 atom stereocenters. The van der Waals surface area contributed by atoms with E-state index in [4.69, 9.17) is 0 Å². The van der Waals surface area contributed by atoms with Crippen molar-refractivity contribution in [3.05, 3.63) is 57.0 Å². The van der Waals surface area contributed by atoms with Gasteiger partial charge in [-0.25, -0.2) is 0 Å². The summed E-state index contributed by atoms with van der Waals surface area (Å²) in [6, 6.07) is 10.3. The van der Waals surface area contributed by atoms with Crippen molar-refractivity contribution in [3.63, 3.8) is 0 Å². The molecule has 1 heterocycles. The Bertz CT molecular complexity index is 627. The Morgan fingerprint density at radius 3 is 2.32 bits per heavy atom. The number of carbonyl (C=O) groups excluding carboxylic acids is 1. The summed E-state index contributed by atoms with van der Waals surface area (Å²) >= 11 is 3.62. The summed E-state index contributed by atoms with van der Waals surface area (Å²) in [5.74, 6) is 2.35. The normalized spacial score (nSPS) is 13.7. The minimum absolute atomic E-state index is 0.161. The van der Waals surface area contributed by atoms with E-state index < -0.39 is 0 Å². The average Bonchev–Trinajstić information content (AvgIpc) is 3.02. The number of Topliss-reactive ketones (excluding diaryl/α,β-unsaturated/α-hetero) is 1. The smallest absolute Gasteiger partial charge is 0.162 e. The summed E-state index contributed by atoms with van der Waals surface area (Å²) in [5.41, 5.74) is 7.73. The standard InChI is InChI=1S/C19H22OS2/c1-4-8-17(13-14(2)16-9-6-5-7-10-16)18(15(3)20)19-21-11-12-22-19/h5-7,9-10H,4,8,11-12H2,1-3H3. The highest BCUT2D eigenvalue weighted by Crippen LogP contribution is 2.41. The number of allylic oxidation sites excluding steroid dienone is 2. The summed E-state index contributed by atoms with van der Waals surface area (Å²) in [4.78, 5) is 12.2. The third-order valence-electron chi connectivity index (χ3n) is 3.45. The zero-order valence-electron chi connectivity index (χ0n) is 13.4. The molecule has 1 aromatic carbocycles. The number of hydrogen-bond acceptors (Lipinski definition) is 3. The van der Waals surface area contributed by atoms with Gasteiger partial charge in [0.2, 0.25) is 0 Å². The highest BCUT2D eigenvalue weighted by atomic mass is 32.2. The van der Waals surface area contributed by atoms with Gasteiger partial charge in [-0.1, -0.05) is 43.7 Å². The Morgan fingerprint density at radius 1 is 1.14 bits per heavy atom. The van der Waals surface area contributed by atoms with Crippen molar-refractivity contribution >= 4 is 34.9 Å². The summed E-state index contributed by atoms with van der Waals surface area (Å²) in [7, 11) is 0. The van der Waals surface area contributed by atoms with Crippen LogP contribution < -0.4 is 0 Å². The lowest BCUT2D eigenvalue weighted by atomic mass is 9.98. The highest BCUT2D eigenvalue weighted by Gasteiger charge is 2.20. The van der Waals surface area contributed by atoms with Crippen LogP contribution in [0, 0.1) is 0 Å². The van der Waals surface area contributed by atoms with E-state index in [0.717, 1.165) is 46.6 Å². The molecule has 22 heavy (non-hydrogen) atoms. The first-order chi connectivity index (χ1) is 10.6. The van der Waals surface area contributed by atoms with Gasteiger partial charge in [0.05, 0.1) is 4.24 Å². The largest absolute Gasteiger partial charge is 0.294 e. The third-order valence-corrected chi connectivity index (χ3v) is 6.17. The quantitative estimate of drug-likeness (QED) is 0.509. The molecular formula is C19H22OS2. The van der Waals surface area contributed by atoms with Crippen LogP contribution >= 0.6 is 23.5 Å². The number of benzene rings is 1.